The molecular formula is C9H5Cl3OTe. The summed E-state index contributed by atoms with van der Waals surface area (Å²) in [5.74, 6) is 0. The first-order chi connectivity index (χ1) is 6.59. The average Bonchev–Trinajstić information content (AvgIpc) is 2.36. The van der Waals surface area contributed by atoms with Crippen LogP contribution in [-0.4, -0.2) is 22.2 Å². The van der Waals surface area contributed by atoms with E-state index in [1.54, 1.807) is 0 Å². The topological polar surface area (TPSA) is 17.1 Å². The summed E-state index contributed by atoms with van der Waals surface area (Å²) in [5.41, 5.74) is 0.808. The Hall–Kier alpha value is 0.290. The van der Waals surface area contributed by atoms with Gasteiger partial charge in [-0.3, -0.25) is 0 Å². The van der Waals surface area contributed by atoms with Gasteiger partial charge in [-0.05, 0) is 0 Å². The van der Waals surface area contributed by atoms with Gasteiger partial charge in [0.2, 0.25) is 0 Å². The van der Waals surface area contributed by atoms with Gasteiger partial charge in [0.15, 0.2) is 0 Å². The van der Waals surface area contributed by atoms with Crippen LogP contribution in [0.5, 0.6) is 0 Å². The molecule has 0 unspecified atom stereocenters. The first-order valence-corrected chi connectivity index (χ1v) is 12.4. The van der Waals surface area contributed by atoms with E-state index >= 15 is 0 Å². The summed E-state index contributed by atoms with van der Waals surface area (Å²) in [6.07, 6.45) is 0.684. The number of hydrogen-bond donors (Lipinski definition) is 0. The average molecular weight is 363 g/mol. The number of aldehydes is 1. The fourth-order valence-corrected chi connectivity index (χ4v) is 10.3. The van der Waals surface area contributed by atoms with Crippen molar-refractivity contribution >= 4 is 60.4 Å². The van der Waals surface area contributed by atoms with Gasteiger partial charge in [-0.25, -0.2) is 0 Å². The minimum absolute atomic E-state index is 0.402. The van der Waals surface area contributed by atoms with Crippen LogP contribution < -0.4 is 3.61 Å². The summed E-state index contributed by atoms with van der Waals surface area (Å²) < 4.78 is 1.25. The summed E-state index contributed by atoms with van der Waals surface area (Å²) >= 11 is 2.63. The van der Waals surface area contributed by atoms with E-state index in [0.717, 1.165) is 9.17 Å². The molecule has 0 atom stereocenters. The Bertz CT molecular complexity index is 439. The molecule has 74 valence electrons. The number of fused-ring (bicyclic) bond motifs is 1. The molecule has 1 heterocycles. The van der Waals surface area contributed by atoms with Crippen molar-refractivity contribution in [1.29, 1.82) is 0 Å². The Balaban J connectivity index is 2.74. The van der Waals surface area contributed by atoms with Crippen LogP contribution >= 0.6 is 29.5 Å². The molecule has 0 fully saturated rings. The van der Waals surface area contributed by atoms with Crippen molar-refractivity contribution in [2.24, 2.45) is 0 Å². The second-order valence-electron chi connectivity index (χ2n) is 2.76. The van der Waals surface area contributed by atoms with Crippen molar-refractivity contribution in [2.75, 3.05) is 0 Å². The molecule has 0 amide bonds. The fraction of sp³-hybridized carbons (Fsp3) is 0. The fourth-order valence-electron chi connectivity index (χ4n) is 1.35. The molecule has 14 heavy (non-hydrogen) atoms. The minimum atomic E-state index is -3.39. The molecule has 0 radical (unpaired) electrons. The first kappa shape index (κ1) is 10.8. The zero-order chi connectivity index (χ0) is 10.3. The first-order valence-electron chi connectivity index (χ1n) is 3.76. The van der Waals surface area contributed by atoms with Crippen molar-refractivity contribution in [3.63, 3.8) is 0 Å². The third kappa shape index (κ3) is 1.41. The predicted molar refractivity (Wildman–Crippen MR) is 62.4 cm³/mol. The van der Waals surface area contributed by atoms with Gasteiger partial charge < -0.3 is 0 Å². The van der Waals surface area contributed by atoms with E-state index in [1.807, 2.05) is 24.3 Å². The maximum absolute atomic E-state index is 10.8. The zero-order valence-corrected chi connectivity index (χ0v) is 11.4. The molecule has 0 aromatic heterocycles. The van der Waals surface area contributed by atoms with Crippen molar-refractivity contribution < 1.29 is 4.79 Å². The number of carbonyl (C=O) groups excluding carboxylic acids is 1. The normalized spacial score (nSPS) is 20.5. The maximum atomic E-state index is 10.8. The number of carbonyl (C=O) groups is 1. The Morgan fingerprint density at radius 2 is 1.86 bits per heavy atom. The molecule has 1 aliphatic rings. The van der Waals surface area contributed by atoms with Crippen LogP contribution in [0.4, 0.5) is 0 Å². The monoisotopic (exact) mass is 364 g/mol. The Morgan fingerprint density at radius 3 is 2.43 bits per heavy atom. The SMILES string of the molecule is O=CC1=C(Cl)c2ccccc2[Te]1(Cl)Cl. The van der Waals surface area contributed by atoms with Crippen molar-refractivity contribution in [2.45, 2.75) is 0 Å². The summed E-state index contributed by atoms with van der Waals surface area (Å²) in [4.78, 5) is 10.8. The van der Waals surface area contributed by atoms with Gasteiger partial charge in [-0.2, -0.15) is 0 Å². The third-order valence-corrected chi connectivity index (χ3v) is 12.2. The molecular weight excluding hydrogens is 358 g/mol. The molecule has 2 rings (SSSR count). The van der Waals surface area contributed by atoms with Gasteiger partial charge >= 0.3 is 98.6 Å². The zero-order valence-electron chi connectivity index (χ0n) is 6.84. The van der Waals surface area contributed by atoms with Gasteiger partial charge in [0, 0.05) is 0 Å². The van der Waals surface area contributed by atoms with Crippen LogP contribution in [0.3, 0.4) is 0 Å². The van der Waals surface area contributed by atoms with Crippen molar-refractivity contribution in [3.05, 3.63) is 33.4 Å². The molecule has 0 spiro atoms. The van der Waals surface area contributed by atoms with Crippen LogP contribution in [0.1, 0.15) is 5.56 Å². The summed E-state index contributed by atoms with van der Waals surface area (Å²) in [6, 6.07) is 7.37. The predicted octanol–water partition coefficient (Wildman–Crippen LogP) is 2.52. The Kier molecular flexibility index (Phi) is 2.85. The number of allylic oxidation sites excluding steroid dienone is 1. The Labute approximate surface area is 97.9 Å². The van der Waals surface area contributed by atoms with Gasteiger partial charge in [0.1, 0.15) is 0 Å². The molecule has 0 aliphatic carbocycles. The van der Waals surface area contributed by atoms with Crippen LogP contribution in [-0.2, 0) is 4.79 Å². The second kappa shape index (κ2) is 3.70. The molecule has 0 saturated carbocycles. The number of benzene rings is 1. The van der Waals surface area contributed by atoms with E-state index < -0.39 is 15.9 Å². The standard InChI is InChI=1S/C9H5Cl3OTe/c10-9-6-3-1-2-4-7(6)14(11,12)8(9)5-13/h1-5H. The molecule has 1 nitrogen and oxygen atoms in total. The number of hydrogen-bond acceptors (Lipinski definition) is 1. The second-order valence-corrected chi connectivity index (χ2v) is 15.6. The molecule has 0 saturated heterocycles. The van der Waals surface area contributed by atoms with Gasteiger partial charge in [0.05, 0.1) is 0 Å². The number of halogens is 3. The van der Waals surface area contributed by atoms with E-state index in [2.05, 4.69) is 0 Å². The molecule has 1 aromatic rings. The molecule has 1 aromatic carbocycles. The Morgan fingerprint density at radius 1 is 1.21 bits per heavy atom. The summed E-state index contributed by atoms with van der Waals surface area (Å²) in [5, 5.41) is 0.418. The van der Waals surface area contributed by atoms with Crippen LogP contribution in [0, 0.1) is 0 Å². The third-order valence-electron chi connectivity index (χ3n) is 2.00. The van der Waals surface area contributed by atoms with Crippen LogP contribution in [0.25, 0.3) is 5.03 Å². The molecule has 1 aliphatic heterocycles. The quantitative estimate of drug-likeness (QED) is 0.554. The van der Waals surface area contributed by atoms with Crippen LogP contribution in [0.15, 0.2) is 27.9 Å². The van der Waals surface area contributed by atoms with E-state index in [1.165, 1.54) is 0 Å². The van der Waals surface area contributed by atoms with Crippen molar-refractivity contribution in [3.8, 4) is 0 Å². The molecule has 5 heteroatoms. The van der Waals surface area contributed by atoms with Crippen molar-refractivity contribution in [1.82, 2.24) is 0 Å². The molecule has 0 N–H and O–H groups in total. The number of rotatable bonds is 1. The van der Waals surface area contributed by atoms with E-state index in [0.29, 0.717) is 14.9 Å². The molecule has 0 bridgehead atoms. The summed E-state index contributed by atoms with van der Waals surface area (Å²) in [6.45, 7) is 0. The van der Waals surface area contributed by atoms with E-state index in [9.17, 15) is 4.79 Å². The van der Waals surface area contributed by atoms with E-state index in [4.69, 9.17) is 29.5 Å². The van der Waals surface area contributed by atoms with E-state index in [-0.39, 0.29) is 0 Å². The van der Waals surface area contributed by atoms with Gasteiger partial charge in [-0.15, -0.1) is 0 Å². The van der Waals surface area contributed by atoms with Crippen LogP contribution in [0.2, 0.25) is 0 Å². The van der Waals surface area contributed by atoms with Gasteiger partial charge in [0.25, 0.3) is 0 Å². The summed E-state index contributed by atoms with van der Waals surface area (Å²) in [7, 11) is 12.5. The van der Waals surface area contributed by atoms with Gasteiger partial charge in [-0.1, -0.05) is 0 Å².